The monoisotopic (exact) mass is 574 g/mol. The van der Waals surface area contributed by atoms with Crippen molar-refractivity contribution in [2.45, 2.75) is 98.6 Å². The Morgan fingerprint density at radius 1 is 0.889 bits per heavy atom. The molecule has 196 valence electrons. The molecular weight excluding hydrogens is 531 g/mol. The first-order valence-corrected chi connectivity index (χ1v) is 17.6. The van der Waals surface area contributed by atoms with Crippen molar-refractivity contribution in [1.82, 2.24) is 0 Å². The first kappa shape index (κ1) is 35.3. The van der Waals surface area contributed by atoms with Crippen LogP contribution in [0.1, 0.15) is 88.8 Å². The quantitative estimate of drug-likeness (QED) is 0.255. The van der Waals surface area contributed by atoms with Gasteiger partial charge in [0.15, 0.2) is 0 Å². The maximum Gasteiger partial charge on any atom is -1.00 e. The van der Waals surface area contributed by atoms with Crippen molar-refractivity contribution in [3.05, 3.63) is 88.0 Å². The Morgan fingerprint density at radius 3 is 1.94 bits per heavy atom. The summed E-state index contributed by atoms with van der Waals surface area (Å²) in [6.45, 7) is 22.5. The molecule has 0 radical (unpaired) electrons. The SMILES string of the molecule is CC(C)(C)c1[c-]c2c(cc1)-c1ccc(C(C)(C)C)cc1C2.CCc1ccc[c-]1CC.C[Si](C)=[Ti+2].[Cl-].[Cl-]. The van der Waals surface area contributed by atoms with Crippen LogP contribution in [0, 0.1) is 6.07 Å². The summed E-state index contributed by atoms with van der Waals surface area (Å²) < 4.78 is 0. The van der Waals surface area contributed by atoms with Crippen LogP contribution in [-0.2, 0) is 49.3 Å². The van der Waals surface area contributed by atoms with Crippen molar-refractivity contribution < 1.29 is 44.0 Å². The molecule has 1 aliphatic carbocycles. The second-order valence-corrected chi connectivity index (χ2v) is 18.3. The van der Waals surface area contributed by atoms with E-state index in [0.29, 0.717) is 0 Å². The summed E-state index contributed by atoms with van der Waals surface area (Å²) in [4.78, 5) is 0. The van der Waals surface area contributed by atoms with Crippen molar-refractivity contribution in [3.8, 4) is 11.1 Å². The first-order valence-electron chi connectivity index (χ1n) is 12.7. The van der Waals surface area contributed by atoms with Crippen LogP contribution < -0.4 is 24.8 Å². The third-order valence-electron chi connectivity index (χ3n) is 6.23. The van der Waals surface area contributed by atoms with Gasteiger partial charge in [0, 0.05) is 0 Å². The zero-order valence-electron chi connectivity index (χ0n) is 24.0. The molecule has 0 N–H and O–H groups in total. The Hall–Kier alpha value is -0.699. The molecule has 4 heteroatoms. The second kappa shape index (κ2) is 15.0. The van der Waals surface area contributed by atoms with E-state index in [9.17, 15) is 0 Å². The van der Waals surface area contributed by atoms with E-state index < -0.39 is 0 Å². The molecule has 0 unspecified atom stereocenters. The van der Waals surface area contributed by atoms with Gasteiger partial charge in [-0.2, -0.15) is 41.0 Å². The van der Waals surface area contributed by atoms with Crippen LogP contribution >= 0.6 is 0 Å². The average Bonchev–Trinajstić information content (AvgIpc) is 3.35. The van der Waals surface area contributed by atoms with E-state index >= 15 is 0 Å². The molecule has 0 saturated heterocycles. The van der Waals surface area contributed by atoms with E-state index in [1.54, 1.807) is 0 Å². The smallest absolute Gasteiger partial charge is 1.00 e. The van der Waals surface area contributed by atoms with Crippen LogP contribution in [0.5, 0.6) is 0 Å². The van der Waals surface area contributed by atoms with E-state index in [1.807, 2.05) is 0 Å². The standard InChI is InChI=1S/C21H25.C9H13.C2H6Si.2ClH.Ti/c1-20(2,3)16-7-9-18-14(12-16)11-15-13-17(21(4,5)6)8-10-19(15)18;1-3-8-6-5-7-9(8)4-2;1-3-2;;;/h7-10,12H,11H2,1-6H3;5-7H,3-4H2,1-2H3;1-2H3;2*1H;/q2*-1;;;;+2/p-2. The average molecular weight is 576 g/mol. The maximum atomic E-state index is 3.67. The van der Waals surface area contributed by atoms with Crippen molar-refractivity contribution in [2.24, 2.45) is 0 Å². The van der Waals surface area contributed by atoms with Gasteiger partial charge in [-0.25, -0.2) is 12.1 Å². The summed E-state index contributed by atoms with van der Waals surface area (Å²) in [5.41, 5.74) is 11.7. The third kappa shape index (κ3) is 9.88. The van der Waals surface area contributed by atoms with E-state index in [1.165, 1.54) is 57.3 Å². The number of aryl methyl sites for hydroxylation is 2. The van der Waals surface area contributed by atoms with E-state index in [0.717, 1.165) is 6.42 Å². The van der Waals surface area contributed by atoms with Gasteiger partial charge in [0.05, 0.1) is 0 Å². The van der Waals surface area contributed by atoms with E-state index in [2.05, 4.69) is 142 Å². The third-order valence-corrected chi connectivity index (χ3v) is 6.23. The summed E-state index contributed by atoms with van der Waals surface area (Å²) in [5, 5.41) is 0. The van der Waals surface area contributed by atoms with Gasteiger partial charge >= 0.3 is 38.5 Å². The van der Waals surface area contributed by atoms with E-state index in [-0.39, 0.29) is 41.8 Å². The minimum atomic E-state index is 0. The minimum Gasteiger partial charge on any atom is -1.00 e. The summed E-state index contributed by atoms with van der Waals surface area (Å²) in [6.07, 6.45) is 3.50. The summed E-state index contributed by atoms with van der Waals surface area (Å²) >= 11 is 2.27. The van der Waals surface area contributed by atoms with Gasteiger partial charge in [0.1, 0.15) is 0 Å². The number of fused-ring (bicyclic) bond motifs is 3. The van der Waals surface area contributed by atoms with Gasteiger partial charge in [0.2, 0.25) is 0 Å². The largest absolute Gasteiger partial charge is 1.00 e. The summed E-state index contributed by atoms with van der Waals surface area (Å²) in [6, 6.07) is 21.7. The normalized spacial score (nSPS) is 11.4. The van der Waals surface area contributed by atoms with Gasteiger partial charge < -0.3 is 24.8 Å². The molecule has 0 nitrogen and oxygen atoms in total. The molecule has 0 atom stereocenters. The molecule has 0 aromatic heterocycles. The topological polar surface area (TPSA) is 0 Å². The molecule has 0 aliphatic heterocycles. The van der Waals surface area contributed by atoms with Crippen LogP contribution in [0.2, 0.25) is 13.1 Å². The molecule has 4 rings (SSSR count). The number of rotatable bonds is 2. The fourth-order valence-corrected chi connectivity index (χ4v) is 4.21. The Balaban J connectivity index is 0.000000686. The summed E-state index contributed by atoms with van der Waals surface area (Å²) in [5.74, 6) is 0. The zero-order valence-corrected chi connectivity index (χ0v) is 28.1. The van der Waals surface area contributed by atoms with Crippen molar-refractivity contribution in [3.63, 3.8) is 0 Å². The number of hydrogen-bond donors (Lipinski definition) is 0. The molecule has 0 spiro atoms. The van der Waals surface area contributed by atoms with Crippen LogP contribution in [0.3, 0.4) is 0 Å². The van der Waals surface area contributed by atoms with Crippen molar-refractivity contribution >= 4 is 6.19 Å². The van der Waals surface area contributed by atoms with Crippen LogP contribution in [0.4, 0.5) is 0 Å². The van der Waals surface area contributed by atoms with Crippen LogP contribution in [-0.4, -0.2) is 6.19 Å². The fourth-order valence-electron chi connectivity index (χ4n) is 4.21. The van der Waals surface area contributed by atoms with Gasteiger partial charge in [-0.05, 0) is 28.4 Å². The van der Waals surface area contributed by atoms with Gasteiger partial charge in [-0.15, -0.1) is 11.1 Å². The number of benzene rings is 2. The van der Waals surface area contributed by atoms with Gasteiger partial charge in [0.25, 0.3) is 0 Å². The Bertz CT molecular complexity index is 1030. The second-order valence-electron chi connectivity index (χ2n) is 11.6. The van der Waals surface area contributed by atoms with Crippen molar-refractivity contribution in [2.75, 3.05) is 0 Å². The number of halogens is 2. The molecule has 3 aromatic rings. The molecule has 0 bridgehead atoms. The molecule has 3 aromatic carbocycles. The maximum absolute atomic E-state index is 3.67. The Morgan fingerprint density at radius 2 is 1.47 bits per heavy atom. The van der Waals surface area contributed by atoms with Crippen LogP contribution in [0.25, 0.3) is 11.1 Å². The van der Waals surface area contributed by atoms with Gasteiger partial charge in [-0.1, -0.05) is 92.0 Å². The molecule has 36 heavy (non-hydrogen) atoms. The Kier molecular flexibility index (Phi) is 14.7. The predicted octanol–water partition coefficient (Wildman–Crippen LogP) is 2.98. The van der Waals surface area contributed by atoms with Crippen LogP contribution in [0.15, 0.2) is 48.5 Å². The molecule has 0 saturated carbocycles. The molecular formula is C32H44Cl2SiTi-2. The minimum absolute atomic E-state index is 0. The fraction of sp³-hybridized carbons (Fsp3) is 0.469. The molecule has 1 aliphatic rings. The predicted molar refractivity (Wildman–Crippen MR) is 149 cm³/mol. The zero-order chi connectivity index (χ0) is 25.7. The molecule has 0 heterocycles. The first-order chi connectivity index (χ1) is 15.8. The molecule has 0 fully saturated rings. The van der Waals surface area contributed by atoms with Gasteiger partial charge in [-0.3, -0.25) is 0 Å². The Labute approximate surface area is 246 Å². The number of hydrogen-bond acceptors (Lipinski definition) is 0. The summed E-state index contributed by atoms with van der Waals surface area (Å²) in [7, 11) is 0. The van der Waals surface area contributed by atoms with Crippen molar-refractivity contribution in [1.29, 1.82) is 0 Å². The molecule has 0 amide bonds. The van der Waals surface area contributed by atoms with E-state index in [4.69, 9.17) is 0 Å².